The van der Waals surface area contributed by atoms with Crippen molar-refractivity contribution in [2.24, 2.45) is 16.8 Å². The van der Waals surface area contributed by atoms with Crippen molar-refractivity contribution in [2.75, 3.05) is 20.2 Å². The number of hydrogen-bond donors (Lipinski definition) is 1. The van der Waals surface area contributed by atoms with Crippen molar-refractivity contribution in [3.05, 3.63) is 53.7 Å². The van der Waals surface area contributed by atoms with E-state index in [4.69, 9.17) is 14.1 Å². The highest BCUT2D eigenvalue weighted by molar-refractivity contribution is 6.05. The monoisotopic (exact) mass is 448 g/mol. The van der Waals surface area contributed by atoms with Gasteiger partial charge in [-0.2, -0.15) is 0 Å². The van der Waals surface area contributed by atoms with E-state index in [-0.39, 0.29) is 17.7 Å². The first-order valence-electron chi connectivity index (χ1n) is 11.8. The van der Waals surface area contributed by atoms with Crippen molar-refractivity contribution in [3.8, 4) is 11.1 Å². The molecule has 33 heavy (non-hydrogen) atoms. The lowest BCUT2D eigenvalue weighted by Gasteiger charge is -2.50. The smallest absolute Gasteiger partial charge is 0.159 e. The van der Waals surface area contributed by atoms with Gasteiger partial charge in [-0.3, -0.25) is 14.7 Å². The van der Waals surface area contributed by atoms with Crippen LogP contribution in [0, 0.1) is 18.8 Å². The molecule has 1 aromatic heterocycles. The lowest BCUT2D eigenvalue weighted by atomic mass is 9.69. The molecular weight excluding hydrogens is 416 g/mol. The Kier molecular flexibility index (Phi) is 5.53. The van der Waals surface area contributed by atoms with Crippen LogP contribution in [0.4, 0.5) is 5.69 Å². The first-order chi connectivity index (χ1) is 15.9. The van der Waals surface area contributed by atoms with Gasteiger partial charge in [-0.1, -0.05) is 19.4 Å². The van der Waals surface area contributed by atoms with Crippen molar-refractivity contribution in [2.45, 2.75) is 51.7 Å². The van der Waals surface area contributed by atoms with E-state index in [0.29, 0.717) is 12.3 Å². The van der Waals surface area contributed by atoms with E-state index in [1.54, 1.807) is 32.8 Å². The second-order valence-corrected chi connectivity index (χ2v) is 9.64. The van der Waals surface area contributed by atoms with Crippen LogP contribution in [-0.4, -0.2) is 47.7 Å². The highest BCUT2D eigenvalue weighted by atomic mass is 16.5. The predicted octanol–water partition coefficient (Wildman–Crippen LogP) is 4.77. The van der Waals surface area contributed by atoms with Gasteiger partial charge in [-0.15, -0.1) is 0 Å². The molecule has 0 amide bonds. The molecule has 0 unspecified atom stereocenters. The third-order valence-corrected chi connectivity index (χ3v) is 7.96. The van der Waals surface area contributed by atoms with Crippen LogP contribution in [0.15, 0.2) is 52.0 Å². The topological polar surface area (TPSA) is 75.3 Å². The van der Waals surface area contributed by atoms with Gasteiger partial charge in [0, 0.05) is 29.8 Å². The number of piperidine rings is 2. The van der Waals surface area contributed by atoms with Crippen LogP contribution in [0.5, 0.6) is 0 Å². The zero-order valence-corrected chi connectivity index (χ0v) is 19.8. The summed E-state index contributed by atoms with van der Waals surface area (Å²) in [5, 5.41) is 12.1. The van der Waals surface area contributed by atoms with E-state index in [0.717, 1.165) is 65.2 Å². The summed E-state index contributed by atoms with van der Waals surface area (Å²) in [5.41, 5.74) is 5.38. The molecule has 6 heteroatoms. The molecule has 0 spiro atoms. The highest BCUT2D eigenvalue weighted by Crippen LogP contribution is 2.51. The highest BCUT2D eigenvalue weighted by Gasteiger charge is 2.53. The van der Waals surface area contributed by atoms with Gasteiger partial charge in [0.25, 0.3) is 0 Å². The average molecular weight is 449 g/mol. The lowest BCUT2D eigenvalue weighted by molar-refractivity contribution is -0.114. The van der Waals surface area contributed by atoms with E-state index in [1.165, 1.54) is 0 Å². The van der Waals surface area contributed by atoms with Gasteiger partial charge in [0.1, 0.15) is 5.60 Å². The number of Topliss-reactive ketones (excluding diaryl/α,β-unsaturated/α-hetero) is 1. The number of ketones is 1. The molecule has 174 valence electrons. The van der Waals surface area contributed by atoms with Crippen molar-refractivity contribution < 1.29 is 19.1 Å². The summed E-state index contributed by atoms with van der Waals surface area (Å²) in [6, 6.07) is 6.02. The number of fused-ring (bicyclic) bond motifs is 5. The third kappa shape index (κ3) is 3.39. The second-order valence-electron chi connectivity index (χ2n) is 9.64. The van der Waals surface area contributed by atoms with Crippen LogP contribution in [0.25, 0.3) is 11.1 Å². The standard InChI is InChI=1S/C27H32N2O4/c1-5-18-13-29-10-9-27(31)25-16(2)20(19-8-11-33-14-19)6-7-23(25)28-26(27)24(29)12-21(18)22(15-32-4)17(3)30/h6-8,11,14-15,18,21,24,31H,5,9-10,12-13H2,1-4H3/b22-15-/t18-,21+,24+,27+/m1/s1. The van der Waals surface area contributed by atoms with Gasteiger partial charge >= 0.3 is 0 Å². The van der Waals surface area contributed by atoms with Crippen LogP contribution < -0.4 is 0 Å². The fourth-order valence-corrected chi connectivity index (χ4v) is 6.32. The Balaban J connectivity index is 1.54. The number of aliphatic hydroxyl groups is 1. The Morgan fingerprint density at radius 2 is 2.21 bits per heavy atom. The minimum Gasteiger partial charge on any atom is -0.504 e. The molecule has 5 rings (SSSR count). The number of hydrogen-bond acceptors (Lipinski definition) is 6. The summed E-state index contributed by atoms with van der Waals surface area (Å²) in [4.78, 5) is 19.9. The number of allylic oxidation sites excluding steroid dienone is 1. The van der Waals surface area contributed by atoms with Gasteiger partial charge in [0.05, 0.1) is 43.3 Å². The summed E-state index contributed by atoms with van der Waals surface area (Å²) < 4.78 is 10.6. The molecule has 3 aliphatic heterocycles. The molecule has 0 saturated carbocycles. The van der Waals surface area contributed by atoms with Gasteiger partial charge in [0.2, 0.25) is 0 Å². The summed E-state index contributed by atoms with van der Waals surface area (Å²) in [7, 11) is 1.59. The molecule has 2 fully saturated rings. The molecule has 0 aliphatic carbocycles. The molecule has 1 aromatic carbocycles. The number of nitrogens with zero attached hydrogens (tertiary/aromatic N) is 2. The fourth-order valence-electron chi connectivity index (χ4n) is 6.32. The summed E-state index contributed by atoms with van der Waals surface area (Å²) in [6.45, 7) is 7.57. The van der Waals surface area contributed by atoms with Crippen LogP contribution in [-0.2, 0) is 15.1 Å². The minimum absolute atomic E-state index is 0.000307. The second kappa shape index (κ2) is 8.26. The van der Waals surface area contributed by atoms with Crippen LogP contribution in [0.1, 0.15) is 44.2 Å². The fraction of sp³-hybridized carbons (Fsp3) is 0.481. The Bertz CT molecular complexity index is 1130. The van der Waals surface area contributed by atoms with Crippen molar-refractivity contribution in [1.82, 2.24) is 4.90 Å². The summed E-state index contributed by atoms with van der Waals surface area (Å²) in [5.74, 6) is 0.513. The predicted molar refractivity (Wildman–Crippen MR) is 128 cm³/mol. The van der Waals surface area contributed by atoms with E-state index < -0.39 is 5.60 Å². The van der Waals surface area contributed by atoms with E-state index in [1.807, 2.05) is 12.1 Å². The minimum atomic E-state index is -1.08. The van der Waals surface area contributed by atoms with Crippen LogP contribution in [0.3, 0.4) is 0 Å². The molecule has 2 aromatic rings. The number of furan rings is 1. The number of ether oxygens (including phenoxy) is 1. The molecule has 3 aliphatic rings. The number of methoxy groups -OCH3 is 1. The quantitative estimate of drug-likeness (QED) is 0.527. The zero-order chi connectivity index (χ0) is 23.3. The Labute approximate surface area is 195 Å². The van der Waals surface area contributed by atoms with Gasteiger partial charge in [-0.25, -0.2) is 0 Å². The molecule has 6 nitrogen and oxygen atoms in total. The lowest BCUT2D eigenvalue weighted by Crippen LogP contribution is -2.60. The number of benzene rings is 1. The normalized spacial score (nSPS) is 29.2. The SMILES string of the molecule is CC[C@@H]1CN2CC[C@@]3(O)C(=Nc4ccc(-c5ccoc5)c(C)c43)[C@@H]2C[C@@H]1/C(=C\OC)C(C)=O. The third-order valence-electron chi connectivity index (χ3n) is 7.96. The van der Waals surface area contributed by atoms with E-state index in [9.17, 15) is 9.90 Å². The van der Waals surface area contributed by atoms with Gasteiger partial charge in [0.15, 0.2) is 5.78 Å². The van der Waals surface area contributed by atoms with Crippen LogP contribution >= 0.6 is 0 Å². The maximum Gasteiger partial charge on any atom is 0.159 e. The maximum atomic E-state index is 12.5. The Morgan fingerprint density at radius 3 is 2.88 bits per heavy atom. The molecule has 2 saturated heterocycles. The van der Waals surface area contributed by atoms with Gasteiger partial charge < -0.3 is 14.3 Å². The molecule has 4 heterocycles. The molecule has 0 bridgehead atoms. The Morgan fingerprint density at radius 1 is 1.39 bits per heavy atom. The van der Waals surface area contributed by atoms with E-state index >= 15 is 0 Å². The number of aliphatic imine (C=N–C) groups is 1. The molecular formula is C27H32N2O4. The summed E-state index contributed by atoms with van der Waals surface area (Å²) in [6.07, 6.45) is 7.40. The number of carbonyl (C=O) groups excluding carboxylic acids is 1. The molecule has 1 N–H and O–H groups in total. The van der Waals surface area contributed by atoms with E-state index in [2.05, 4.69) is 24.8 Å². The van der Waals surface area contributed by atoms with Crippen molar-refractivity contribution in [1.29, 1.82) is 0 Å². The molecule has 0 radical (unpaired) electrons. The molecule has 4 atom stereocenters. The van der Waals surface area contributed by atoms with Gasteiger partial charge in [-0.05, 0) is 61.8 Å². The largest absolute Gasteiger partial charge is 0.504 e. The first-order valence-corrected chi connectivity index (χ1v) is 11.8. The maximum absolute atomic E-state index is 12.5. The average Bonchev–Trinajstić information content (AvgIpc) is 3.43. The van der Waals surface area contributed by atoms with Crippen LogP contribution in [0.2, 0.25) is 0 Å². The summed E-state index contributed by atoms with van der Waals surface area (Å²) >= 11 is 0. The Hall–Kier alpha value is -2.70. The first kappa shape index (κ1) is 22.1. The van der Waals surface area contributed by atoms with Crippen molar-refractivity contribution >= 4 is 17.2 Å². The number of rotatable bonds is 5. The number of carbonyl (C=O) groups is 1. The zero-order valence-electron chi connectivity index (χ0n) is 19.8. The van der Waals surface area contributed by atoms with Crippen molar-refractivity contribution in [3.63, 3.8) is 0 Å².